The molecule has 0 saturated heterocycles. The van der Waals surface area contributed by atoms with E-state index in [-0.39, 0.29) is 0 Å². The molecule has 0 fully saturated rings. The number of fused-ring (bicyclic) bond motifs is 1. The third-order valence-electron chi connectivity index (χ3n) is 2.82. The van der Waals surface area contributed by atoms with Gasteiger partial charge in [-0.1, -0.05) is 23.8 Å². The van der Waals surface area contributed by atoms with Gasteiger partial charge in [0, 0.05) is 17.7 Å². The zero-order valence-electron chi connectivity index (χ0n) is 9.67. The van der Waals surface area contributed by atoms with Crippen LogP contribution >= 0.6 is 0 Å². The molecule has 2 nitrogen and oxygen atoms in total. The van der Waals surface area contributed by atoms with Gasteiger partial charge in [0.25, 0.3) is 0 Å². The smallest absolute Gasteiger partial charge is 0.161 e. The number of nitrogens with zero attached hydrogens (tertiary/aromatic N) is 1. The van der Waals surface area contributed by atoms with Crippen LogP contribution in [0.25, 0.3) is 22.4 Å². The number of imidazole rings is 1. The highest BCUT2D eigenvalue weighted by molar-refractivity contribution is 5.79. The van der Waals surface area contributed by atoms with Crippen LogP contribution in [-0.4, -0.2) is 9.97 Å². The van der Waals surface area contributed by atoms with Crippen molar-refractivity contribution in [1.29, 1.82) is 0 Å². The van der Waals surface area contributed by atoms with Gasteiger partial charge in [-0.3, -0.25) is 0 Å². The van der Waals surface area contributed by atoms with Gasteiger partial charge in [0.15, 0.2) is 11.6 Å². The SMILES string of the molecule is Cc1cccc(-c2nc3cc(F)c(F)cc3[nH]2)c1. The van der Waals surface area contributed by atoms with Crippen LogP contribution in [0.2, 0.25) is 0 Å². The highest BCUT2D eigenvalue weighted by Gasteiger charge is 2.09. The van der Waals surface area contributed by atoms with Crippen molar-refractivity contribution < 1.29 is 8.78 Å². The molecule has 1 aromatic heterocycles. The van der Waals surface area contributed by atoms with Crippen molar-refractivity contribution in [2.24, 2.45) is 0 Å². The largest absolute Gasteiger partial charge is 0.338 e. The fourth-order valence-corrected chi connectivity index (χ4v) is 1.93. The molecule has 3 aromatic rings. The second-order valence-electron chi connectivity index (χ2n) is 4.24. The number of rotatable bonds is 1. The number of aromatic nitrogens is 2. The summed E-state index contributed by atoms with van der Waals surface area (Å²) >= 11 is 0. The number of nitrogens with one attached hydrogen (secondary N) is 1. The maximum atomic E-state index is 13.1. The van der Waals surface area contributed by atoms with Gasteiger partial charge in [-0.25, -0.2) is 13.8 Å². The number of hydrogen-bond acceptors (Lipinski definition) is 1. The first-order chi connectivity index (χ1) is 8.63. The van der Waals surface area contributed by atoms with Crippen LogP contribution in [0.5, 0.6) is 0 Å². The van der Waals surface area contributed by atoms with Crippen LogP contribution in [0.3, 0.4) is 0 Å². The molecule has 2 aromatic carbocycles. The second kappa shape index (κ2) is 3.91. The molecule has 0 aliphatic heterocycles. The molecule has 3 rings (SSSR count). The van der Waals surface area contributed by atoms with Crippen LogP contribution in [-0.2, 0) is 0 Å². The first-order valence-electron chi connectivity index (χ1n) is 5.55. The molecule has 18 heavy (non-hydrogen) atoms. The Morgan fingerprint density at radius 2 is 1.83 bits per heavy atom. The highest BCUT2D eigenvalue weighted by atomic mass is 19.2. The van der Waals surface area contributed by atoms with Gasteiger partial charge in [0.1, 0.15) is 5.82 Å². The number of H-pyrrole nitrogens is 1. The third-order valence-corrected chi connectivity index (χ3v) is 2.82. The lowest BCUT2D eigenvalue weighted by atomic mass is 10.1. The van der Waals surface area contributed by atoms with E-state index >= 15 is 0 Å². The minimum Gasteiger partial charge on any atom is -0.338 e. The molecule has 0 unspecified atom stereocenters. The van der Waals surface area contributed by atoms with Crippen molar-refractivity contribution in [2.75, 3.05) is 0 Å². The molecular formula is C14H10F2N2. The van der Waals surface area contributed by atoms with E-state index < -0.39 is 11.6 Å². The molecule has 0 aliphatic carbocycles. The van der Waals surface area contributed by atoms with Crippen LogP contribution in [0, 0.1) is 18.6 Å². The van der Waals surface area contributed by atoms with Crippen molar-refractivity contribution in [1.82, 2.24) is 9.97 Å². The molecule has 0 aliphatic rings. The van der Waals surface area contributed by atoms with E-state index in [1.807, 2.05) is 31.2 Å². The van der Waals surface area contributed by atoms with Gasteiger partial charge >= 0.3 is 0 Å². The first kappa shape index (κ1) is 10.9. The Balaban J connectivity index is 2.19. The first-order valence-corrected chi connectivity index (χ1v) is 5.55. The summed E-state index contributed by atoms with van der Waals surface area (Å²) in [7, 11) is 0. The number of benzene rings is 2. The quantitative estimate of drug-likeness (QED) is 0.692. The Kier molecular flexibility index (Phi) is 2.37. The number of aryl methyl sites for hydroxylation is 1. The monoisotopic (exact) mass is 244 g/mol. The summed E-state index contributed by atoms with van der Waals surface area (Å²) in [4.78, 5) is 7.25. The molecule has 0 bridgehead atoms. The number of aromatic amines is 1. The molecule has 90 valence electrons. The normalized spacial score (nSPS) is 11.1. The molecule has 0 amide bonds. The van der Waals surface area contributed by atoms with E-state index in [4.69, 9.17) is 0 Å². The molecule has 0 radical (unpaired) electrons. The maximum Gasteiger partial charge on any atom is 0.161 e. The number of halogens is 2. The van der Waals surface area contributed by atoms with Crippen LogP contribution in [0.15, 0.2) is 36.4 Å². The van der Waals surface area contributed by atoms with Gasteiger partial charge in [0.2, 0.25) is 0 Å². The van der Waals surface area contributed by atoms with Crippen molar-refractivity contribution in [3.05, 3.63) is 53.6 Å². The van der Waals surface area contributed by atoms with Crippen LogP contribution < -0.4 is 0 Å². The summed E-state index contributed by atoms with van der Waals surface area (Å²) in [6, 6.07) is 9.98. The van der Waals surface area contributed by atoms with Gasteiger partial charge in [-0.15, -0.1) is 0 Å². The van der Waals surface area contributed by atoms with E-state index in [1.165, 1.54) is 0 Å². The van der Waals surface area contributed by atoms with Crippen LogP contribution in [0.4, 0.5) is 8.78 Å². The zero-order valence-corrected chi connectivity index (χ0v) is 9.67. The standard InChI is InChI=1S/C14H10F2N2/c1-8-3-2-4-9(5-8)14-17-12-6-10(15)11(16)7-13(12)18-14/h2-7H,1H3,(H,17,18). The minimum atomic E-state index is -0.884. The molecule has 1 heterocycles. The van der Waals surface area contributed by atoms with E-state index in [0.717, 1.165) is 23.3 Å². The van der Waals surface area contributed by atoms with Gasteiger partial charge in [-0.2, -0.15) is 0 Å². The highest BCUT2D eigenvalue weighted by Crippen LogP contribution is 2.22. The molecular weight excluding hydrogens is 234 g/mol. The van der Waals surface area contributed by atoms with Gasteiger partial charge in [-0.05, 0) is 13.0 Å². The summed E-state index contributed by atoms with van der Waals surface area (Å²) in [5.74, 6) is -1.15. The Labute approximate surface area is 102 Å². The van der Waals surface area contributed by atoms with E-state index in [1.54, 1.807) is 0 Å². The van der Waals surface area contributed by atoms with E-state index in [0.29, 0.717) is 16.9 Å². The lowest BCUT2D eigenvalue weighted by Crippen LogP contribution is -1.82. The van der Waals surface area contributed by atoms with E-state index in [2.05, 4.69) is 9.97 Å². The summed E-state index contributed by atoms with van der Waals surface area (Å²) in [6.07, 6.45) is 0. The lowest BCUT2D eigenvalue weighted by Gasteiger charge is -1.97. The Morgan fingerprint density at radius 3 is 2.61 bits per heavy atom. The fraction of sp³-hybridized carbons (Fsp3) is 0.0714. The Bertz CT molecular complexity index is 693. The average molecular weight is 244 g/mol. The zero-order chi connectivity index (χ0) is 12.7. The molecule has 0 spiro atoms. The fourth-order valence-electron chi connectivity index (χ4n) is 1.93. The predicted molar refractivity (Wildman–Crippen MR) is 66.2 cm³/mol. The van der Waals surface area contributed by atoms with Crippen molar-refractivity contribution in [2.45, 2.75) is 6.92 Å². The second-order valence-corrected chi connectivity index (χ2v) is 4.24. The number of hydrogen-bond donors (Lipinski definition) is 1. The van der Waals surface area contributed by atoms with Gasteiger partial charge < -0.3 is 4.98 Å². The van der Waals surface area contributed by atoms with E-state index in [9.17, 15) is 8.78 Å². The molecule has 0 saturated carbocycles. The molecule has 1 N–H and O–H groups in total. The Morgan fingerprint density at radius 1 is 1.06 bits per heavy atom. The Hall–Kier alpha value is -2.23. The van der Waals surface area contributed by atoms with Gasteiger partial charge in [0.05, 0.1) is 11.0 Å². The van der Waals surface area contributed by atoms with Crippen molar-refractivity contribution in [3.63, 3.8) is 0 Å². The third kappa shape index (κ3) is 1.76. The van der Waals surface area contributed by atoms with Crippen molar-refractivity contribution >= 4 is 11.0 Å². The van der Waals surface area contributed by atoms with Crippen molar-refractivity contribution in [3.8, 4) is 11.4 Å². The maximum absolute atomic E-state index is 13.1. The lowest BCUT2D eigenvalue weighted by molar-refractivity contribution is 0.510. The van der Waals surface area contributed by atoms with Crippen LogP contribution in [0.1, 0.15) is 5.56 Å². The summed E-state index contributed by atoms with van der Waals surface area (Å²) < 4.78 is 26.2. The minimum absolute atomic E-state index is 0.422. The topological polar surface area (TPSA) is 28.7 Å². The molecule has 4 heteroatoms. The predicted octanol–water partition coefficient (Wildman–Crippen LogP) is 3.82. The molecule has 0 atom stereocenters. The summed E-state index contributed by atoms with van der Waals surface area (Å²) in [5.41, 5.74) is 2.91. The summed E-state index contributed by atoms with van der Waals surface area (Å²) in [5, 5.41) is 0. The summed E-state index contributed by atoms with van der Waals surface area (Å²) in [6.45, 7) is 1.98. The average Bonchev–Trinajstić information content (AvgIpc) is 2.73.